The monoisotopic (exact) mass is 319 g/mol. The van der Waals surface area contributed by atoms with Gasteiger partial charge in [0.25, 0.3) is 0 Å². The van der Waals surface area contributed by atoms with Gasteiger partial charge in [-0.3, -0.25) is 4.79 Å². The van der Waals surface area contributed by atoms with Gasteiger partial charge in [-0.15, -0.1) is 0 Å². The molecule has 1 aliphatic heterocycles. The Bertz CT molecular complexity index is 668. The molecule has 0 unspecified atom stereocenters. The highest BCUT2D eigenvalue weighted by atomic mass is 19.1. The van der Waals surface area contributed by atoms with E-state index >= 15 is 0 Å². The van der Waals surface area contributed by atoms with Crippen molar-refractivity contribution in [2.24, 2.45) is 0 Å². The maximum Gasteiger partial charge on any atom is 0.223 e. The van der Waals surface area contributed by atoms with E-state index in [1.807, 2.05) is 0 Å². The van der Waals surface area contributed by atoms with Gasteiger partial charge in [0.1, 0.15) is 11.5 Å². The molecule has 7 heteroatoms. The predicted octanol–water partition coefficient (Wildman–Crippen LogP) is 1.48. The Morgan fingerprint density at radius 3 is 3.09 bits per heavy atom. The number of morpholine rings is 1. The van der Waals surface area contributed by atoms with Gasteiger partial charge in [-0.1, -0.05) is 17.3 Å². The molecule has 2 heterocycles. The van der Waals surface area contributed by atoms with Gasteiger partial charge in [-0.05, 0) is 12.1 Å². The van der Waals surface area contributed by atoms with Crippen LogP contribution in [0.1, 0.15) is 12.2 Å². The normalized spacial score (nSPS) is 17.9. The second-order valence-corrected chi connectivity index (χ2v) is 5.34. The molecule has 1 atom stereocenters. The van der Waals surface area contributed by atoms with Gasteiger partial charge >= 0.3 is 0 Å². The van der Waals surface area contributed by atoms with Crippen LogP contribution in [0.4, 0.5) is 4.39 Å². The first kappa shape index (κ1) is 15.6. The van der Waals surface area contributed by atoms with E-state index in [2.05, 4.69) is 15.8 Å². The highest BCUT2D eigenvalue weighted by Gasteiger charge is 2.17. The third-order valence-corrected chi connectivity index (χ3v) is 3.59. The molecule has 1 amide bonds. The number of ether oxygens (including phenoxy) is 1. The van der Waals surface area contributed by atoms with E-state index in [-0.39, 0.29) is 24.4 Å². The SMILES string of the molecule is O=C(C[C@H]1CNCCO1)NCc1cc(-c2ccccc2F)no1. The lowest BCUT2D eigenvalue weighted by Gasteiger charge is -2.22. The van der Waals surface area contributed by atoms with E-state index in [1.165, 1.54) is 6.07 Å². The molecule has 1 aromatic heterocycles. The Morgan fingerprint density at radius 2 is 2.30 bits per heavy atom. The van der Waals surface area contributed by atoms with Gasteiger partial charge in [0.05, 0.1) is 25.7 Å². The largest absolute Gasteiger partial charge is 0.375 e. The second kappa shape index (κ2) is 7.34. The Balaban J connectivity index is 1.53. The Hall–Kier alpha value is -2.25. The molecule has 0 bridgehead atoms. The zero-order valence-corrected chi connectivity index (χ0v) is 12.5. The molecule has 1 fully saturated rings. The third kappa shape index (κ3) is 4.14. The maximum atomic E-state index is 13.7. The summed E-state index contributed by atoms with van der Waals surface area (Å²) in [6.07, 6.45) is 0.189. The minimum atomic E-state index is -0.363. The predicted molar refractivity (Wildman–Crippen MR) is 81.0 cm³/mol. The molecular formula is C16H18FN3O3. The average Bonchev–Trinajstić information content (AvgIpc) is 3.03. The number of carbonyl (C=O) groups is 1. The quantitative estimate of drug-likeness (QED) is 0.873. The lowest BCUT2D eigenvalue weighted by atomic mass is 10.1. The van der Waals surface area contributed by atoms with Gasteiger partial charge in [0, 0.05) is 24.7 Å². The van der Waals surface area contributed by atoms with Gasteiger partial charge in [0.2, 0.25) is 5.91 Å². The molecule has 0 spiro atoms. The van der Waals surface area contributed by atoms with Gasteiger partial charge < -0.3 is 19.9 Å². The van der Waals surface area contributed by atoms with E-state index in [0.29, 0.717) is 36.6 Å². The Labute approximate surface area is 133 Å². The smallest absolute Gasteiger partial charge is 0.223 e. The number of nitrogens with zero attached hydrogens (tertiary/aromatic N) is 1. The van der Waals surface area contributed by atoms with E-state index in [4.69, 9.17) is 9.26 Å². The fourth-order valence-corrected chi connectivity index (χ4v) is 2.41. The van der Waals surface area contributed by atoms with Crippen molar-refractivity contribution >= 4 is 5.91 Å². The van der Waals surface area contributed by atoms with Crippen molar-refractivity contribution < 1.29 is 18.4 Å². The van der Waals surface area contributed by atoms with Crippen LogP contribution in [0.3, 0.4) is 0 Å². The summed E-state index contributed by atoms with van der Waals surface area (Å²) in [5.41, 5.74) is 0.780. The van der Waals surface area contributed by atoms with Crippen molar-refractivity contribution in [3.8, 4) is 11.3 Å². The zero-order valence-electron chi connectivity index (χ0n) is 12.5. The molecule has 122 valence electrons. The standard InChI is InChI=1S/C16H18FN3O3/c17-14-4-2-1-3-13(14)15-7-12(23-20-15)10-19-16(21)8-11-9-18-5-6-22-11/h1-4,7,11,18H,5-6,8-10H2,(H,19,21)/t11-/m0/s1. The highest BCUT2D eigenvalue weighted by molar-refractivity contribution is 5.76. The maximum absolute atomic E-state index is 13.7. The van der Waals surface area contributed by atoms with Crippen LogP contribution in [0.25, 0.3) is 11.3 Å². The minimum Gasteiger partial charge on any atom is -0.375 e. The van der Waals surface area contributed by atoms with Crippen molar-refractivity contribution in [1.82, 2.24) is 15.8 Å². The molecule has 0 saturated carbocycles. The molecule has 3 rings (SSSR count). The summed E-state index contributed by atoms with van der Waals surface area (Å²) in [6.45, 7) is 2.31. The number of aromatic nitrogens is 1. The molecule has 1 saturated heterocycles. The summed E-state index contributed by atoms with van der Waals surface area (Å²) >= 11 is 0. The number of nitrogens with one attached hydrogen (secondary N) is 2. The molecule has 23 heavy (non-hydrogen) atoms. The van der Waals surface area contributed by atoms with Crippen LogP contribution < -0.4 is 10.6 Å². The lowest BCUT2D eigenvalue weighted by molar-refractivity contribution is -0.124. The molecule has 6 nitrogen and oxygen atoms in total. The van der Waals surface area contributed by atoms with E-state index < -0.39 is 0 Å². The van der Waals surface area contributed by atoms with Crippen molar-refractivity contribution in [3.05, 3.63) is 41.9 Å². The van der Waals surface area contributed by atoms with Crippen LogP contribution in [0.15, 0.2) is 34.9 Å². The number of amides is 1. The molecule has 0 aliphatic carbocycles. The fraction of sp³-hybridized carbons (Fsp3) is 0.375. The first-order valence-electron chi connectivity index (χ1n) is 7.52. The van der Waals surface area contributed by atoms with Crippen LogP contribution in [-0.2, 0) is 16.1 Å². The molecular weight excluding hydrogens is 301 g/mol. The van der Waals surface area contributed by atoms with Crippen LogP contribution in [0.2, 0.25) is 0 Å². The minimum absolute atomic E-state index is 0.104. The fourth-order valence-electron chi connectivity index (χ4n) is 2.41. The topological polar surface area (TPSA) is 76.4 Å². The molecule has 2 aromatic rings. The average molecular weight is 319 g/mol. The van der Waals surface area contributed by atoms with E-state index in [0.717, 1.165) is 6.54 Å². The van der Waals surface area contributed by atoms with E-state index in [9.17, 15) is 9.18 Å². The summed E-state index contributed by atoms with van der Waals surface area (Å²) in [5, 5.41) is 9.76. The summed E-state index contributed by atoms with van der Waals surface area (Å²) in [7, 11) is 0. The highest BCUT2D eigenvalue weighted by Crippen LogP contribution is 2.21. The summed E-state index contributed by atoms with van der Waals surface area (Å²) in [5.74, 6) is -0.0137. The summed E-state index contributed by atoms with van der Waals surface area (Å²) < 4.78 is 24.3. The van der Waals surface area contributed by atoms with Crippen LogP contribution >= 0.6 is 0 Å². The Kier molecular flexibility index (Phi) is 4.99. The number of benzene rings is 1. The Morgan fingerprint density at radius 1 is 1.43 bits per heavy atom. The van der Waals surface area contributed by atoms with Crippen LogP contribution in [0.5, 0.6) is 0 Å². The van der Waals surface area contributed by atoms with Gasteiger partial charge in [0.15, 0.2) is 5.76 Å². The first-order valence-corrected chi connectivity index (χ1v) is 7.52. The number of halogens is 1. The van der Waals surface area contributed by atoms with Crippen LogP contribution in [0, 0.1) is 5.82 Å². The second-order valence-electron chi connectivity index (χ2n) is 5.34. The number of hydrogen-bond donors (Lipinski definition) is 2. The van der Waals surface area contributed by atoms with Crippen molar-refractivity contribution in [3.63, 3.8) is 0 Å². The lowest BCUT2D eigenvalue weighted by Crippen LogP contribution is -2.41. The van der Waals surface area contributed by atoms with Crippen molar-refractivity contribution in [2.45, 2.75) is 19.1 Å². The number of hydrogen-bond acceptors (Lipinski definition) is 5. The van der Waals surface area contributed by atoms with Crippen molar-refractivity contribution in [1.29, 1.82) is 0 Å². The van der Waals surface area contributed by atoms with Crippen LogP contribution in [-0.4, -0.2) is 36.9 Å². The molecule has 2 N–H and O–H groups in total. The first-order chi connectivity index (χ1) is 11.2. The zero-order chi connectivity index (χ0) is 16.1. The third-order valence-electron chi connectivity index (χ3n) is 3.59. The molecule has 1 aromatic carbocycles. The summed E-state index contributed by atoms with van der Waals surface area (Å²) in [6, 6.07) is 7.96. The van der Waals surface area contributed by atoms with Crippen molar-refractivity contribution in [2.75, 3.05) is 19.7 Å². The van der Waals surface area contributed by atoms with E-state index in [1.54, 1.807) is 24.3 Å². The number of carbonyl (C=O) groups excluding carboxylic acids is 1. The number of rotatable bonds is 5. The molecule has 1 aliphatic rings. The van der Waals surface area contributed by atoms with Gasteiger partial charge in [-0.25, -0.2) is 4.39 Å². The molecule has 0 radical (unpaired) electrons. The summed E-state index contributed by atoms with van der Waals surface area (Å²) in [4.78, 5) is 11.9. The van der Waals surface area contributed by atoms with Gasteiger partial charge in [-0.2, -0.15) is 0 Å².